The number of carbonyl (C=O) groups excluding carboxylic acids is 1. The van der Waals surface area contributed by atoms with Gasteiger partial charge in [0.05, 0.1) is 6.42 Å². The summed E-state index contributed by atoms with van der Waals surface area (Å²) in [5.41, 5.74) is 1.04. The van der Waals surface area contributed by atoms with Gasteiger partial charge in [-0.05, 0) is 19.8 Å². The Kier molecular flexibility index (Phi) is 4.72. The fourth-order valence-electron chi connectivity index (χ4n) is 2.56. The van der Waals surface area contributed by atoms with E-state index >= 15 is 0 Å². The van der Waals surface area contributed by atoms with E-state index in [-0.39, 0.29) is 0 Å². The molecule has 0 atom stereocenters. The lowest BCUT2D eigenvalue weighted by atomic mass is 9.87. The quantitative estimate of drug-likeness (QED) is 0.815. The lowest BCUT2D eigenvalue weighted by Crippen LogP contribution is -2.18. The fraction of sp³-hybridized carbons (Fsp3) is 0.714. The van der Waals surface area contributed by atoms with E-state index in [0.717, 1.165) is 23.5 Å². The van der Waals surface area contributed by atoms with E-state index in [2.05, 4.69) is 4.98 Å². The van der Waals surface area contributed by atoms with Crippen molar-refractivity contribution in [2.45, 2.75) is 58.3 Å². The minimum absolute atomic E-state index is 0.305. The molecule has 17 heavy (non-hydrogen) atoms. The molecule has 0 unspecified atom stereocenters. The van der Waals surface area contributed by atoms with E-state index < -0.39 is 0 Å². The van der Waals surface area contributed by atoms with Crippen LogP contribution in [0.3, 0.4) is 0 Å². The van der Waals surface area contributed by atoms with Crippen molar-refractivity contribution < 1.29 is 4.79 Å². The number of aryl methyl sites for hydroxylation is 1. The molecule has 1 aliphatic rings. The van der Waals surface area contributed by atoms with Gasteiger partial charge in [-0.25, -0.2) is 4.98 Å². The molecule has 0 aliphatic heterocycles. The second-order valence-corrected chi connectivity index (χ2v) is 6.01. The predicted octanol–water partition coefficient (Wildman–Crippen LogP) is 3.92. The van der Waals surface area contributed by atoms with Crippen LogP contribution >= 0.6 is 11.3 Å². The summed E-state index contributed by atoms with van der Waals surface area (Å²) < 4.78 is 0. The molecule has 94 valence electrons. The molecule has 0 bridgehead atoms. The van der Waals surface area contributed by atoms with Gasteiger partial charge >= 0.3 is 0 Å². The summed E-state index contributed by atoms with van der Waals surface area (Å²) in [7, 11) is 0. The summed E-state index contributed by atoms with van der Waals surface area (Å²) >= 11 is 1.62. The zero-order chi connectivity index (χ0) is 12.1. The number of thiazole rings is 1. The highest BCUT2D eigenvalue weighted by atomic mass is 32.1. The van der Waals surface area contributed by atoms with Crippen molar-refractivity contribution in [1.29, 1.82) is 0 Å². The first-order chi connectivity index (χ1) is 8.25. The van der Waals surface area contributed by atoms with E-state index in [1.807, 2.05) is 12.3 Å². The zero-order valence-electron chi connectivity index (χ0n) is 10.6. The van der Waals surface area contributed by atoms with Crippen LogP contribution in [0.25, 0.3) is 0 Å². The van der Waals surface area contributed by atoms with Crippen LogP contribution in [0.5, 0.6) is 0 Å². The molecule has 1 aliphatic carbocycles. The number of hydrogen-bond donors (Lipinski definition) is 0. The molecular formula is C14H21NOS. The van der Waals surface area contributed by atoms with Gasteiger partial charge in [0.25, 0.3) is 0 Å². The van der Waals surface area contributed by atoms with E-state index in [1.54, 1.807) is 11.3 Å². The minimum atomic E-state index is 0.305. The molecule has 3 heteroatoms. The van der Waals surface area contributed by atoms with Crippen molar-refractivity contribution in [2.75, 3.05) is 0 Å². The topological polar surface area (TPSA) is 30.0 Å². The van der Waals surface area contributed by atoms with Crippen molar-refractivity contribution >= 4 is 17.1 Å². The van der Waals surface area contributed by atoms with Crippen molar-refractivity contribution in [3.63, 3.8) is 0 Å². The lowest BCUT2D eigenvalue weighted by Gasteiger charge is -2.17. The molecule has 1 aromatic heterocycles. The monoisotopic (exact) mass is 251 g/mol. The Hall–Kier alpha value is -0.700. The average molecular weight is 251 g/mol. The molecule has 1 saturated carbocycles. The van der Waals surface area contributed by atoms with Gasteiger partial charge in [0.1, 0.15) is 10.8 Å². The average Bonchev–Trinajstić information content (AvgIpc) is 2.63. The Morgan fingerprint density at radius 1 is 1.29 bits per heavy atom. The molecule has 0 aromatic carbocycles. The van der Waals surface area contributed by atoms with Gasteiger partial charge in [-0.1, -0.05) is 32.1 Å². The van der Waals surface area contributed by atoms with Crippen LogP contribution in [-0.4, -0.2) is 10.8 Å². The van der Waals surface area contributed by atoms with Gasteiger partial charge < -0.3 is 0 Å². The number of carbonyl (C=O) groups is 1. The first-order valence-corrected chi connectivity index (χ1v) is 7.57. The van der Waals surface area contributed by atoms with Gasteiger partial charge in [-0.3, -0.25) is 4.79 Å². The number of ketones is 1. The van der Waals surface area contributed by atoms with E-state index in [9.17, 15) is 4.79 Å². The van der Waals surface area contributed by atoms with Crippen LogP contribution in [0.2, 0.25) is 0 Å². The Labute approximate surface area is 107 Å². The van der Waals surface area contributed by atoms with Gasteiger partial charge in [-0.15, -0.1) is 11.3 Å². The number of rotatable bonds is 3. The third kappa shape index (κ3) is 3.91. The van der Waals surface area contributed by atoms with E-state index in [0.29, 0.717) is 18.1 Å². The standard InChI is InChI=1S/C14H21NOS/c1-11-10-17-14(15-11)9-13(16)12-7-5-3-2-4-6-8-12/h10,12H,2-9H2,1H3. The molecule has 0 N–H and O–H groups in total. The highest BCUT2D eigenvalue weighted by molar-refractivity contribution is 7.09. The molecule has 0 spiro atoms. The van der Waals surface area contributed by atoms with Crippen LogP contribution in [0, 0.1) is 12.8 Å². The summed E-state index contributed by atoms with van der Waals surface area (Å²) in [5.74, 6) is 0.723. The summed E-state index contributed by atoms with van der Waals surface area (Å²) in [6, 6.07) is 0. The highest BCUT2D eigenvalue weighted by Crippen LogP contribution is 2.24. The molecule has 2 nitrogen and oxygen atoms in total. The van der Waals surface area contributed by atoms with Crippen LogP contribution in [0.15, 0.2) is 5.38 Å². The Bertz CT molecular complexity index is 364. The molecule has 0 radical (unpaired) electrons. The third-order valence-electron chi connectivity index (χ3n) is 3.55. The summed E-state index contributed by atoms with van der Waals surface area (Å²) in [6.07, 6.45) is 9.18. The first kappa shape index (κ1) is 12.7. The summed E-state index contributed by atoms with van der Waals surface area (Å²) in [4.78, 5) is 16.6. The first-order valence-electron chi connectivity index (χ1n) is 6.69. The molecule has 2 rings (SSSR count). The number of Topliss-reactive ketones (excluding diaryl/α,β-unsaturated/α-hetero) is 1. The van der Waals surface area contributed by atoms with Crippen molar-refractivity contribution in [3.8, 4) is 0 Å². The molecule has 1 aromatic rings. The van der Waals surface area contributed by atoms with Crippen LogP contribution < -0.4 is 0 Å². The van der Waals surface area contributed by atoms with Crippen LogP contribution in [0.1, 0.15) is 55.6 Å². The molecule has 1 fully saturated rings. The SMILES string of the molecule is Cc1csc(CC(=O)C2CCCCCCC2)n1. The molecular weight excluding hydrogens is 230 g/mol. The third-order valence-corrected chi connectivity index (χ3v) is 4.52. The Morgan fingerprint density at radius 2 is 1.94 bits per heavy atom. The molecule has 0 amide bonds. The highest BCUT2D eigenvalue weighted by Gasteiger charge is 2.20. The Morgan fingerprint density at radius 3 is 2.53 bits per heavy atom. The van der Waals surface area contributed by atoms with Gasteiger partial charge in [0.2, 0.25) is 0 Å². The minimum Gasteiger partial charge on any atom is -0.299 e. The Balaban J connectivity index is 1.89. The molecule has 0 saturated heterocycles. The number of nitrogens with zero attached hydrogens (tertiary/aromatic N) is 1. The second-order valence-electron chi connectivity index (χ2n) is 5.07. The van der Waals surface area contributed by atoms with Crippen LogP contribution in [-0.2, 0) is 11.2 Å². The normalized spacial score (nSPS) is 18.6. The van der Waals surface area contributed by atoms with Gasteiger partial charge in [0.15, 0.2) is 0 Å². The smallest absolute Gasteiger partial charge is 0.142 e. The van der Waals surface area contributed by atoms with Crippen molar-refractivity contribution in [3.05, 3.63) is 16.1 Å². The largest absolute Gasteiger partial charge is 0.299 e. The van der Waals surface area contributed by atoms with E-state index in [1.165, 1.54) is 32.1 Å². The van der Waals surface area contributed by atoms with Gasteiger partial charge in [-0.2, -0.15) is 0 Å². The summed E-state index contributed by atoms with van der Waals surface area (Å²) in [5, 5.41) is 3.02. The van der Waals surface area contributed by atoms with E-state index in [4.69, 9.17) is 0 Å². The number of hydrogen-bond acceptors (Lipinski definition) is 3. The zero-order valence-corrected chi connectivity index (χ0v) is 11.4. The molecule has 1 heterocycles. The fourth-order valence-corrected chi connectivity index (χ4v) is 3.34. The van der Waals surface area contributed by atoms with Gasteiger partial charge in [0, 0.05) is 17.0 Å². The van der Waals surface area contributed by atoms with Crippen LogP contribution in [0.4, 0.5) is 0 Å². The lowest BCUT2D eigenvalue weighted by molar-refractivity contribution is -0.122. The maximum atomic E-state index is 12.2. The predicted molar refractivity (Wildman–Crippen MR) is 71.4 cm³/mol. The number of aromatic nitrogens is 1. The van der Waals surface area contributed by atoms with Crippen molar-refractivity contribution in [1.82, 2.24) is 4.98 Å². The summed E-state index contributed by atoms with van der Waals surface area (Å²) in [6.45, 7) is 1.99. The maximum Gasteiger partial charge on any atom is 0.142 e. The maximum absolute atomic E-state index is 12.2. The second kappa shape index (κ2) is 6.29. The van der Waals surface area contributed by atoms with Crippen molar-refractivity contribution in [2.24, 2.45) is 5.92 Å².